The van der Waals surface area contributed by atoms with E-state index in [-0.39, 0.29) is 11.7 Å². The van der Waals surface area contributed by atoms with Crippen molar-refractivity contribution in [2.75, 3.05) is 17.3 Å². The highest BCUT2D eigenvalue weighted by molar-refractivity contribution is 8.00. The van der Waals surface area contributed by atoms with Gasteiger partial charge in [-0.2, -0.15) is 0 Å². The summed E-state index contributed by atoms with van der Waals surface area (Å²) in [6, 6.07) is 11.3. The minimum Gasteiger partial charge on any atom is -0.325 e. The summed E-state index contributed by atoms with van der Waals surface area (Å²) in [7, 11) is 0. The molecule has 1 N–H and O–H groups in total. The van der Waals surface area contributed by atoms with Gasteiger partial charge in [0, 0.05) is 16.8 Å². The molecule has 0 spiro atoms. The number of anilines is 1. The van der Waals surface area contributed by atoms with Gasteiger partial charge in [0.2, 0.25) is 5.91 Å². The predicted molar refractivity (Wildman–Crippen MR) is 86.8 cm³/mol. The van der Waals surface area contributed by atoms with Crippen LogP contribution in [0.3, 0.4) is 0 Å². The summed E-state index contributed by atoms with van der Waals surface area (Å²) in [5, 5.41) is 4.10. The van der Waals surface area contributed by atoms with Gasteiger partial charge in [0.15, 0.2) is 0 Å². The van der Waals surface area contributed by atoms with Crippen LogP contribution >= 0.6 is 35.1 Å². The van der Waals surface area contributed by atoms with E-state index in [0.29, 0.717) is 10.0 Å². The van der Waals surface area contributed by atoms with Gasteiger partial charge in [0.1, 0.15) is 5.03 Å². The van der Waals surface area contributed by atoms with Crippen LogP contribution in [0.1, 0.15) is 0 Å². The molecule has 0 radical (unpaired) electrons. The predicted octanol–water partition coefficient (Wildman–Crippen LogP) is 4.19. The van der Waals surface area contributed by atoms with Gasteiger partial charge in [0.05, 0.1) is 10.8 Å². The Morgan fingerprint density at radius 3 is 2.95 bits per heavy atom. The van der Waals surface area contributed by atoms with Crippen molar-refractivity contribution in [2.45, 2.75) is 9.92 Å². The maximum Gasteiger partial charge on any atom is 0.234 e. The van der Waals surface area contributed by atoms with E-state index in [1.54, 1.807) is 30.1 Å². The maximum absolute atomic E-state index is 11.9. The standard InChI is InChI=1S/C14H13ClN2OS2/c1-19-11-5-2-4-10(8-11)17-13(18)9-20-14-12(15)6-3-7-16-14/h2-8H,9H2,1H3,(H,17,18). The normalized spacial score (nSPS) is 10.3. The van der Waals surface area contributed by atoms with Crippen LogP contribution in [0.2, 0.25) is 5.02 Å². The van der Waals surface area contributed by atoms with Crippen molar-refractivity contribution in [3.8, 4) is 0 Å². The van der Waals surface area contributed by atoms with E-state index < -0.39 is 0 Å². The number of hydrogen-bond donors (Lipinski definition) is 1. The summed E-state index contributed by atoms with van der Waals surface area (Å²) in [4.78, 5) is 17.1. The van der Waals surface area contributed by atoms with Crippen LogP contribution in [0, 0.1) is 0 Å². The number of nitrogens with one attached hydrogen (secondary N) is 1. The van der Waals surface area contributed by atoms with Crippen LogP contribution in [0.15, 0.2) is 52.5 Å². The Bertz CT molecular complexity index is 607. The summed E-state index contributed by atoms with van der Waals surface area (Å²) in [6.07, 6.45) is 3.66. The Hall–Kier alpha value is -1.17. The van der Waals surface area contributed by atoms with Crippen LogP contribution < -0.4 is 5.32 Å². The molecule has 0 fully saturated rings. The van der Waals surface area contributed by atoms with Gasteiger partial charge in [-0.3, -0.25) is 4.79 Å². The summed E-state index contributed by atoms with van der Waals surface area (Å²) >= 11 is 8.95. The van der Waals surface area contributed by atoms with Gasteiger partial charge < -0.3 is 5.32 Å². The molecule has 1 aromatic heterocycles. The first kappa shape index (κ1) is 15.2. The molecule has 0 aliphatic rings. The van der Waals surface area contributed by atoms with Gasteiger partial charge in [-0.05, 0) is 36.6 Å². The Labute approximate surface area is 131 Å². The molecular formula is C14H13ClN2OS2. The number of halogens is 1. The van der Waals surface area contributed by atoms with Crippen molar-refractivity contribution < 1.29 is 4.79 Å². The fourth-order valence-corrected chi connectivity index (χ4v) is 2.94. The largest absolute Gasteiger partial charge is 0.325 e. The number of carbonyl (C=O) groups excluding carboxylic acids is 1. The average Bonchev–Trinajstić information content (AvgIpc) is 2.46. The molecule has 2 rings (SSSR count). The second kappa shape index (κ2) is 7.57. The molecule has 1 heterocycles. The van der Waals surface area contributed by atoms with Crippen molar-refractivity contribution in [3.05, 3.63) is 47.6 Å². The average molecular weight is 325 g/mol. The van der Waals surface area contributed by atoms with Gasteiger partial charge in [-0.15, -0.1) is 11.8 Å². The molecule has 1 amide bonds. The van der Waals surface area contributed by atoms with Crippen molar-refractivity contribution in [1.29, 1.82) is 0 Å². The number of pyridine rings is 1. The van der Waals surface area contributed by atoms with E-state index in [1.807, 2.05) is 30.5 Å². The fraction of sp³-hybridized carbons (Fsp3) is 0.143. The zero-order valence-corrected chi connectivity index (χ0v) is 13.2. The molecule has 0 saturated carbocycles. The molecule has 0 aliphatic heterocycles. The van der Waals surface area contributed by atoms with Gasteiger partial charge >= 0.3 is 0 Å². The van der Waals surface area contributed by atoms with Crippen molar-refractivity contribution in [3.63, 3.8) is 0 Å². The van der Waals surface area contributed by atoms with E-state index in [9.17, 15) is 4.79 Å². The smallest absolute Gasteiger partial charge is 0.234 e. The number of hydrogen-bond acceptors (Lipinski definition) is 4. The second-order valence-corrected chi connectivity index (χ2v) is 6.11. The molecule has 20 heavy (non-hydrogen) atoms. The Kier molecular flexibility index (Phi) is 5.76. The minimum absolute atomic E-state index is 0.0741. The first-order chi connectivity index (χ1) is 9.69. The topological polar surface area (TPSA) is 42.0 Å². The summed E-state index contributed by atoms with van der Waals surface area (Å²) in [5.41, 5.74) is 0.801. The minimum atomic E-state index is -0.0741. The second-order valence-electron chi connectivity index (χ2n) is 3.86. The number of benzene rings is 1. The SMILES string of the molecule is CSc1cccc(NC(=O)CSc2ncccc2Cl)c1. The van der Waals surface area contributed by atoms with E-state index in [0.717, 1.165) is 10.6 Å². The molecule has 6 heteroatoms. The van der Waals surface area contributed by atoms with Crippen LogP contribution in [0.4, 0.5) is 5.69 Å². The quantitative estimate of drug-likeness (QED) is 0.837. The number of amides is 1. The number of aromatic nitrogens is 1. The lowest BCUT2D eigenvalue weighted by molar-refractivity contribution is -0.113. The van der Waals surface area contributed by atoms with E-state index in [2.05, 4.69) is 10.3 Å². The first-order valence-electron chi connectivity index (χ1n) is 5.86. The highest BCUT2D eigenvalue weighted by Gasteiger charge is 2.07. The van der Waals surface area contributed by atoms with Crippen LogP contribution in [-0.2, 0) is 4.79 Å². The monoisotopic (exact) mass is 324 g/mol. The third-order valence-electron chi connectivity index (χ3n) is 2.42. The molecular weight excluding hydrogens is 312 g/mol. The third kappa shape index (κ3) is 4.44. The van der Waals surface area contributed by atoms with Crippen LogP contribution in [0.5, 0.6) is 0 Å². The molecule has 104 valence electrons. The number of carbonyl (C=O) groups is 1. The van der Waals surface area contributed by atoms with Gasteiger partial charge in [0.25, 0.3) is 0 Å². The molecule has 1 aromatic carbocycles. The lowest BCUT2D eigenvalue weighted by atomic mass is 10.3. The zero-order valence-electron chi connectivity index (χ0n) is 10.8. The number of rotatable bonds is 5. The molecule has 0 unspecified atom stereocenters. The number of nitrogens with zero attached hydrogens (tertiary/aromatic N) is 1. The van der Waals surface area contributed by atoms with Gasteiger partial charge in [-0.25, -0.2) is 4.98 Å². The Morgan fingerprint density at radius 1 is 1.35 bits per heavy atom. The first-order valence-corrected chi connectivity index (χ1v) is 8.45. The molecule has 0 bridgehead atoms. The molecule has 0 atom stereocenters. The molecule has 0 saturated heterocycles. The Balaban J connectivity index is 1.91. The Morgan fingerprint density at radius 2 is 2.20 bits per heavy atom. The highest BCUT2D eigenvalue weighted by atomic mass is 35.5. The lowest BCUT2D eigenvalue weighted by Crippen LogP contribution is -2.14. The van der Waals surface area contributed by atoms with Crippen molar-refractivity contribution in [1.82, 2.24) is 4.98 Å². The van der Waals surface area contributed by atoms with Crippen molar-refractivity contribution in [2.24, 2.45) is 0 Å². The van der Waals surface area contributed by atoms with E-state index >= 15 is 0 Å². The van der Waals surface area contributed by atoms with Gasteiger partial charge in [-0.1, -0.05) is 29.4 Å². The molecule has 3 nitrogen and oxygen atoms in total. The van der Waals surface area contributed by atoms with E-state index in [1.165, 1.54) is 11.8 Å². The van der Waals surface area contributed by atoms with Crippen LogP contribution in [0.25, 0.3) is 0 Å². The van der Waals surface area contributed by atoms with E-state index in [4.69, 9.17) is 11.6 Å². The highest BCUT2D eigenvalue weighted by Crippen LogP contribution is 2.24. The third-order valence-corrected chi connectivity index (χ3v) is 4.57. The zero-order chi connectivity index (χ0) is 14.4. The summed E-state index contributed by atoms with van der Waals surface area (Å²) in [5.74, 6) is 0.204. The molecule has 2 aromatic rings. The summed E-state index contributed by atoms with van der Waals surface area (Å²) in [6.45, 7) is 0. The summed E-state index contributed by atoms with van der Waals surface area (Å²) < 4.78 is 0. The van der Waals surface area contributed by atoms with Crippen molar-refractivity contribution >= 4 is 46.7 Å². The lowest BCUT2D eigenvalue weighted by Gasteiger charge is -2.06. The fourth-order valence-electron chi connectivity index (χ4n) is 1.51. The molecule has 0 aliphatic carbocycles. The van der Waals surface area contributed by atoms with Crippen LogP contribution in [-0.4, -0.2) is 22.9 Å². The maximum atomic E-state index is 11.9. The number of thioether (sulfide) groups is 2.